The Labute approximate surface area is 186 Å². The molecule has 6 rings (SSSR count). The van der Waals surface area contributed by atoms with Crippen LogP contribution in [0.4, 0.5) is 10.2 Å². The second kappa shape index (κ2) is 7.38. The number of nitrogens with one attached hydrogen (secondary N) is 1. The Morgan fingerprint density at radius 2 is 1.84 bits per heavy atom. The summed E-state index contributed by atoms with van der Waals surface area (Å²) in [5.74, 6) is 0.723. The van der Waals surface area contributed by atoms with Gasteiger partial charge in [-0.3, -0.25) is 4.98 Å². The molecule has 4 aromatic rings. The molecule has 6 nitrogen and oxygen atoms in total. The molecule has 1 aromatic carbocycles. The van der Waals surface area contributed by atoms with Gasteiger partial charge in [-0.15, -0.1) is 5.10 Å². The van der Waals surface area contributed by atoms with Crippen molar-refractivity contribution in [2.24, 2.45) is 5.41 Å². The van der Waals surface area contributed by atoms with Crippen molar-refractivity contribution in [1.82, 2.24) is 24.9 Å². The molecule has 1 N–H and O–H groups in total. The van der Waals surface area contributed by atoms with E-state index in [1.54, 1.807) is 24.5 Å². The van der Waals surface area contributed by atoms with Gasteiger partial charge in [0.05, 0.1) is 5.69 Å². The predicted molar refractivity (Wildman–Crippen MR) is 123 cm³/mol. The zero-order valence-corrected chi connectivity index (χ0v) is 18.1. The van der Waals surface area contributed by atoms with Crippen LogP contribution >= 0.6 is 0 Å². The molecule has 7 heteroatoms. The third-order valence-electron chi connectivity index (χ3n) is 6.92. The Hall–Kier alpha value is -3.32. The minimum atomic E-state index is -0.260. The fraction of sp³-hybridized carbons (Fsp3) is 0.320. The third-order valence-corrected chi connectivity index (χ3v) is 6.92. The highest BCUT2D eigenvalue weighted by Crippen LogP contribution is 2.39. The molecule has 0 amide bonds. The van der Waals surface area contributed by atoms with Crippen LogP contribution in [0.2, 0.25) is 0 Å². The van der Waals surface area contributed by atoms with Gasteiger partial charge in [0.25, 0.3) is 0 Å². The smallest absolute Gasteiger partial charge is 0.158 e. The maximum absolute atomic E-state index is 13.6. The lowest BCUT2D eigenvalue weighted by Crippen LogP contribution is -2.29. The monoisotopic (exact) mass is 428 g/mol. The van der Waals surface area contributed by atoms with Crippen molar-refractivity contribution in [2.75, 3.05) is 31.1 Å². The molecule has 1 atom stereocenters. The van der Waals surface area contributed by atoms with E-state index in [1.807, 2.05) is 16.6 Å². The number of aryl methyl sites for hydroxylation is 1. The van der Waals surface area contributed by atoms with Crippen molar-refractivity contribution >= 4 is 11.5 Å². The molecule has 0 radical (unpaired) electrons. The third kappa shape index (κ3) is 3.15. The molecule has 162 valence electrons. The van der Waals surface area contributed by atoms with E-state index in [9.17, 15) is 4.39 Å². The summed E-state index contributed by atoms with van der Waals surface area (Å²) in [7, 11) is 0. The average Bonchev–Trinajstić information content (AvgIpc) is 3.54. The van der Waals surface area contributed by atoms with Crippen molar-refractivity contribution in [3.05, 3.63) is 66.2 Å². The second-order valence-electron chi connectivity index (χ2n) is 9.07. The summed E-state index contributed by atoms with van der Waals surface area (Å²) in [5, 5.41) is 8.61. The van der Waals surface area contributed by atoms with Crippen LogP contribution in [0.3, 0.4) is 0 Å². The maximum Gasteiger partial charge on any atom is 0.158 e. The van der Waals surface area contributed by atoms with Crippen molar-refractivity contribution in [3.63, 3.8) is 0 Å². The van der Waals surface area contributed by atoms with Crippen molar-refractivity contribution in [3.8, 4) is 22.5 Å². The first-order chi connectivity index (χ1) is 15.6. The van der Waals surface area contributed by atoms with Gasteiger partial charge in [0.1, 0.15) is 17.3 Å². The van der Waals surface area contributed by atoms with Gasteiger partial charge in [0.2, 0.25) is 0 Å². The molecular formula is C25H25FN6. The number of pyridine rings is 1. The first kappa shape index (κ1) is 19.4. The number of halogens is 1. The van der Waals surface area contributed by atoms with E-state index in [2.05, 4.69) is 28.2 Å². The average molecular weight is 429 g/mol. The van der Waals surface area contributed by atoms with Crippen molar-refractivity contribution in [1.29, 1.82) is 0 Å². The van der Waals surface area contributed by atoms with Crippen molar-refractivity contribution in [2.45, 2.75) is 19.8 Å². The number of benzene rings is 1. The molecule has 3 aromatic heterocycles. The highest BCUT2D eigenvalue weighted by Gasteiger charge is 2.41. The van der Waals surface area contributed by atoms with Gasteiger partial charge < -0.3 is 10.2 Å². The van der Waals surface area contributed by atoms with Crippen LogP contribution in [-0.4, -0.2) is 45.8 Å². The normalized spacial score (nSPS) is 20.6. The molecule has 32 heavy (non-hydrogen) atoms. The number of hydrogen-bond acceptors (Lipinski definition) is 5. The first-order valence-corrected chi connectivity index (χ1v) is 11.1. The molecule has 0 bridgehead atoms. The number of hydrogen-bond donors (Lipinski definition) is 1. The summed E-state index contributed by atoms with van der Waals surface area (Å²) in [6.45, 7) is 6.33. The number of nitrogens with zero attached hydrogens (tertiary/aromatic N) is 5. The Kier molecular flexibility index (Phi) is 4.47. The van der Waals surface area contributed by atoms with Crippen LogP contribution in [0, 0.1) is 18.2 Å². The quantitative estimate of drug-likeness (QED) is 0.533. The zero-order chi connectivity index (χ0) is 21.7. The highest BCUT2D eigenvalue weighted by molar-refractivity contribution is 5.82. The molecule has 2 aliphatic rings. The topological polar surface area (TPSA) is 58.4 Å². The Bertz CT molecular complexity index is 1280. The second-order valence-corrected chi connectivity index (χ2v) is 9.07. The lowest BCUT2D eigenvalue weighted by molar-refractivity contribution is 0.369. The SMILES string of the molecule is Cc1cc(N2CCC3(CCNC3)C2)nn2c(-c3ccncc3)c(-c3ccc(F)cc3)nc12. The van der Waals surface area contributed by atoms with Crippen LogP contribution in [0.25, 0.3) is 28.2 Å². The zero-order valence-electron chi connectivity index (χ0n) is 18.1. The van der Waals surface area contributed by atoms with E-state index < -0.39 is 0 Å². The lowest BCUT2D eigenvalue weighted by atomic mass is 9.87. The Morgan fingerprint density at radius 3 is 2.59 bits per heavy atom. The van der Waals surface area contributed by atoms with Gasteiger partial charge >= 0.3 is 0 Å². The number of aromatic nitrogens is 4. The van der Waals surface area contributed by atoms with Gasteiger partial charge in [0.15, 0.2) is 5.65 Å². The summed E-state index contributed by atoms with van der Waals surface area (Å²) < 4.78 is 15.5. The van der Waals surface area contributed by atoms with Gasteiger partial charge in [-0.2, -0.15) is 0 Å². The van der Waals surface area contributed by atoms with E-state index in [-0.39, 0.29) is 5.82 Å². The molecule has 1 spiro atoms. The Morgan fingerprint density at radius 1 is 1.03 bits per heavy atom. The van der Waals surface area contributed by atoms with Crippen LogP contribution in [0.5, 0.6) is 0 Å². The standard InChI is InChI=1S/C25H25FN6/c1-17-14-21(31-13-9-25(16-31)8-12-28-15-25)30-32-23(19-6-10-27-11-7-19)22(29-24(17)32)18-2-4-20(26)5-3-18/h2-7,10-11,14,28H,8-9,12-13,15-16H2,1H3. The van der Waals surface area contributed by atoms with Crippen LogP contribution in [0.1, 0.15) is 18.4 Å². The molecule has 1 unspecified atom stereocenters. The molecule has 2 aliphatic heterocycles. The van der Waals surface area contributed by atoms with E-state index in [0.717, 1.165) is 65.7 Å². The number of fused-ring (bicyclic) bond motifs is 1. The molecule has 2 fully saturated rings. The fourth-order valence-corrected chi connectivity index (χ4v) is 5.16. The minimum absolute atomic E-state index is 0.260. The van der Waals surface area contributed by atoms with Gasteiger partial charge in [-0.25, -0.2) is 13.9 Å². The van der Waals surface area contributed by atoms with E-state index in [0.29, 0.717) is 5.41 Å². The van der Waals surface area contributed by atoms with Crippen LogP contribution in [0.15, 0.2) is 54.9 Å². The summed E-state index contributed by atoms with van der Waals surface area (Å²) >= 11 is 0. The van der Waals surface area contributed by atoms with Crippen molar-refractivity contribution < 1.29 is 4.39 Å². The van der Waals surface area contributed by atoms with Gasteiger partial charge in [-0.05, 0) is 74.3 Å². The highest BCUT2D eigenvalue weighted by atomic mass is 19.1. The molecule has 0 saturated carbocycles. The summed E-state index contributed by atoms with van der Waals surface area (Å²) in [6, 6.07) is 12.6. The van der Waals surface area contributed by atoms with Crippen LogP contribution < -0.4 is 10.2 Å². The lowest BCUT2D eigenvalue weighted by Gasteiger charge is -2.23. The summed E-state index contributed by atoms with van der Waals surface area (Å²) in [6.07, 6.45) is 5.97. The summed E-state index contributed by atoms with van der Waals surface area (Å²) in [4.78, 5) is 11.5. The summed E-state index contributed by atoms with van der Waals surface area (Å²) in [5.41, 5.74) is 5.79. The maximum atomic E-state index is 13.6. The fourth-order valence-electron chi connectivity index (χ4n) is 5.16. The molecule has 2 saturated heterocycles. The largest absolute Gasteiger partial charge is 0.355 e. The molecule has 0 aliphatic carbocycles. The predicted octanol–water partition coefficient (Wildman–Crippen LogP) is 4.10. The number of anilines is 1. The van der Waals surface area contributed by atoms with E-state index in [4.69, 9.17) is 10.1 Å². The van der Waals surface area contributed by atoms with E-state index >= 15 is 0 Å². The van der Waals surface area contributed by atoms with E-state index in [1.165, 1.54) is 25.0 Å². The molecule has 5 heterocycles. The first-order valence-electron chi connectivity index (χ1n) is 11.1. The van der Waals surface area contributed by atoms with Gasteiger partial charge in [0, 0.05) is 48.6 Å². The number of rotatable bonds is 3. The van der Waals surface area contributed by atoms with Crippen LogP contribution in [-0.2, 0) is 0 Å². The minimum Gasteiger partial charge on any atom is -0.355 e. The Balaban J connectivity index is 1.52. The number of imidazole rings is 1. The van der Waals surface area contributed by atoms with Gasteiger partial charge in [-0.1, -0.05) is 0 Å². The molecular weight excluding hydrogens is 403 g/mol.